The topological polar surface area (TPSA) is 127 Å². The monoisotopic (exact) mass is 556 g/mol. The molecule has 0 saturated carbocycles. The van der Waals surface area contributed by atoms with Crippen LogP contribution in [0.1, 0.15) is 45.1 Å². The molecule has 4 atom stereocenters. The number of rotatable bonds is 6. The molecule has 8 heteroatoms. The van der Waals surface area contributed by atoms with Crippen molar-refractivity contribution in [2.45, 2.75) is 46.5 Å². The zero-order valence-corrected chi connectivity index (χ0v) is 23.2. The summed E-state index contributed by atoms with van der Waals surface area (Å²) < 4.78 is 12.1. The zero-order chi connectivity index (χ0) is 29.4. The summed E-state index contributed by atoms with van der Waals surface area (Å²) in [5, 5.41) is 21.7. The van der Waals surface area contributed by atoms with Gasteiger partial charge in [0.15, 0.2) is 0 Å². The average molecular weight is 557 g/mol. The Kier molecular flexibility index (Phi) is 7.67. The minimum absolute atomic E-state index is 0.263. The zero-order valence-electron chi connectivity index (χ0n) is 23.2. The number of allylic oxidation sites excluding steroid dienone is 4. The molecular weight excluding hydrogens is 524 g/mol. The maximum Gasteiger partial charge on any atom is 0.315 e. The van der Waals surface area contributed by atoms with Crippen molar-refractivity contribution in [3.05, 3.63) is 71.3 Å². The lowest BCUT2D eigenvalue weighted by Gasteiger charge is -2.27. The Hall–Kier alpha value is -4.46. The molecular formula is C33H32O8. The third-order valence-electron chi connectivity index (χ3n) is 8.30. The Balaban J connectivity index is 1.60. The van der Waals surface area contributed by atoms with Crippen LogP contribution in [-0.2, 0) is 19.2 Å². The number of aryl methyl sites for hydroxylation is 1. The lowest BCUT2D eigenvalue weighted by atomic mass is 9.80. The van der Waals surface area contributed by atoms with E-state index in [0.29, 0.717) is 21.5 Å². The maximum absolute atomic E-state index is 13.5. The van der Waals surface area contributed by atoms with E-state index in [9.17, 15) is 29.4 Å². The van der Waals surface area contributed by atoms with E-state index >= 15 is 0 Å². The molecule has 0 bridgehead atoms. The third-order valence-corrected chi connectivity index (χ3v) is 8.30. The van der Waals surface area contributed by atoms with Crippen molar-refractivity contribution >= 4 is 45.4 Å². The van der Waals surface area contributed by atoms with Gasteiger partial charge < -0.3 is 19.7 Å². The molecule has 2 aliphatic carbocycles. The molecule has 41 heavy (non-hydrogen) atoms. The fraction of sp³-hybridized carbons (Fsp3) is 0.333. The van der Waals surface area contributed by atoms with Crippen molar-refractivity contribution in [3.8, 4) is 11.5 Å². The summed E-state index contributed by atoms with van der Waals surface area (Å²) in [4.78, 5) is 51.0. The Bertz CT molecular complexity index is 1650. The molecule has 3 aromatic carbocycles. The largest absolute Gasteiger partial charge is 0.481 e. The van der Waals surface area contributed by atoms with Gasteiger partial charge in [-0.3, -0.25) is 19.2 Å². The number of hydrogen-bond acceptors (Lipinski definition) is 6. The van der Waals surface area contributed by atoms with Crippen LogP contribution in [0.3, 0.4) is 0 Å². The van der Waals surface area contributed by atoms with E-state index in [1.807, 2.05) is 39.0 Å². The number of benzene rings is 3. The minimum Gasteiger partial charge on any atom is -0.481 e. The van der Waals surface area contributed by atoms with Crippen molar-refractivity contribution in [2.75, 3.05) is 0 Å². The number of aliphatic carboxylic acids is 2. The highest BCUT2D eigenvalue weighted by atomic mass is 16.5. The van der Waals surface area contributed by atoms with Gasteiger partial charge in [-0.15, -0.1) is 0 Å². The SMILES string of the molecule is CC1=CCC(C(=O)Oc2c3ccccc3c(OC(=O)C3CC=C(C)CC3C(=O)O)c3c(C)cccc23)C(C(=O)O)C1. The van der Waals surface area contributed by atoms with E-state index in [4.69, 9.17) is 9.47 Å². The van der Waals surface area contributed by atoms with Crippen LogP contribution >= 0.6 is 0 Å². The Morgan fingerprint density at radius 3 is 1.61 bits per heavy atom. The highest BCUT2D eigenvalue weighted by molar-refractivity contribution is 6.14. The Morgan fingerprint density at radius 1 is 0.634 bits per heavy atom. The van der Waals surface area contributed by atoms with Crippen LogP contribution in [0.5, 0.6) is 11.5 Å². The Labute approximate surface area is 237 Å². The van der Waals surface area contributed by atoms with Crippen LogP contribution in [0.25, 0.3) is 21.5 Å². The molecule has 0 radical (unpaired) electrons. The number of carboxylic acid groups (broad SMARTS) is 2. The minimum atomic E-state index is -1.04. The quantitative estimate of drug-likeness (QED) is 0.158. The van der Waals surface area contributed by atoms with Crippen molar-refractivity contribution in [3.63, 3.8) is 0 Å². The van der Waals surface area contributed by atoms with Gasteiger partial charge in [0.05, 0.1) is 23.7 Å². The fourth-order valence-corrected chi connectivity index (χ4v) is 6.06. The molecule has 0 amide bonds. The second kappa shape index (κ2) is 11.2. The van der Waals surface area contributed by atoms with E-state index in [0.717, 1.165) is 16.7 Å². The molecule has 0 spiro atoms. The van der Waals surface area contributed by atoms with Crippen LogP contribution in [0, 0.1) is 30.6 Å². The van der Waals surface area contributed by atoms with Crippen molar-refractivity contribution in [1.82, 2.24) is 0 Å². The van der Waals surface area contributed by atoms with E-state index in [2.05, 4.69) is 0 Å². The second-order valence-electron chi connectivity index (χ2n) is 11.1. The number of carbonyl (C=O) groups excluding carboxylic acids is 2. The predicted octanol–water partition coefficient (Wildman–Crippen LogP) is 6.23. The number of ether oxygens (including phenoxy) is 2. The molecule has 0 aliphatic heterocycles. The third kappa shape index (κ3) is 5.34. The first-order chi connectivity index (χ1) is 19.6. The summed E-state index contributed by atoms with van der Waals surface area (Å²) in [5.41, 5.74) is 2.61. The van der Waals surface area contributed by atoms with Gasteiger partial charge in [-0.25, -0.2) is 0 Å². The van der Waals surface area contributed by atoms with Gasteiger partial charge in [-0.05, 0) is 52.0 Å². The molecule has 212 valence electrons. The van der Waals surface area contributed by atoms with Gasteiger partial charge in [0.1, 0.15) is 11.5 Å². The first-order valence-corrected chi connectivity index (χ1v) is 13.7. The molecule has 0 saturated heterocycles. The van der Waals surface area contributed by atoms with Gasteiger partial charge in [0.2, 0.25) is 0 Å². The maximum atomic E-state index is 13.5. The first-order valence-electron chi connectivity index (χ1n) is 13.7. The number of esters is 2. The number of carbonyl (C=O) groups is 4. The van der Waals surface area contributed by atoms with Crippen molar-refractivity contribution in [1.29, 1.82) is 0 Å². The normalized spacial score (nSPS) is 22.5. The van der Waals surface area contributed by atoms with Gasteiger partial charge in [-0.2, -0.15) is 0 Å². The first kappa shape index (κ1) is 28.1. The van der Waals surface area contributed by atoms with E-state index in [-0.39, 0.29) is 37.2 Å². The van der Waals surface area contributed by atoms with Crippen LogP contribution in [0.2, 0.25) is 0 Å². The fourth-order valence-electron chi connectivity index (χ4n) is 6.06. The van der Waals surface area contributed by atoms with E-state index in [1.165, 1.54) is 0 Å². The van der Waals surface area contributed by atoms with Crippen LogP contribution in [-0.4, -0.2) is 34.1 Å². The number of hydrogen-bond donors (Lipinski definition) is 2. The molecule has 0 heterocycles. The van der Waals surface area contributed by atoms with Gasteiger partial charge in [0.25, 0.3) is 0 Å². The second-order valence-corrected chi connectivity index (χ2v) is 11.1. The highest BCUT2D eigenvalue weighted by Crippen LogP contribution is 2.45. The Morgan fingerprint density at radius 2 is 1.10 bits per heavy atom. The molecule has 2 N–H and O–H groups in total. The summed E-state index contributed by atoms with van der Waals surface area (Å²) in [6.07, 6.45) is 4.84. The molecule has 4 unspecified atom stereocenters. The number of carboxylic acids is 2. The lowest BCUT2D eigenvalue weighted by molar-refractivity contribution is -0.152. The summed E-state index contributed by atoms with van der Waals surface area (Å²) >= 11 is 0. The van der Waals surface area contributed by atoms with E-state index in [1.54, 1.807) is 36.4 Å². The predicted molar refractivity (Wildman–Crippen MR) is 153 cm³/mol. The van der Waals surface area contributed by atoms with E-state index < -0.39 is 47.5 Å². The molecule has 8 nitrogen and oxygen atoms in total. The van der Waals surface area contributed by atoms with Gasteiger partial charge in [0, 0.05) is 21.5 Å². The summed E-state index contributed by atoms with van der Waals surface area (Å²) in [5.74, 6) is -6.27. The lowest BCUT2D eigenvalue weighted by Crippen LogP contribution is -2.35. The smallest absolute Gasteiger partial charge is 0.315 e. The van der Waals surface area contributed by atoms with Crippen LogP contribution < -0.4 is 9.47 Å². The van der Waals surface area contributed by atoms with Crippen LogP contribution in [0.4, 0.5) is 0 Å². The van der Waals surface area contributed by atoms with Gasteiger partial charge in [-0.1, -0.05) is 65.8 Å². The summed E-state index contributed by atoms with van der Waals surface area (Å²) in [6, 6.07) is 12.5. The highest BCUT2D eigenvalue weighted by Gasteiger charge is 2.39. The number of fused-ring (bicyclic) bond motifs is 2. The molecule has 5 rings (SSSR count). The molecule has 3 aromatic rings. The van der Waals surface area contributed by atoms with Crippen LogP contribution in [0.15, 0.2) is 65.8 Å². The molecule has 2 aliphatic rings. The van der Waals surface area contributed by atoms with Crippen molar-refractivity contribution < 1.29 is 38.9 Å². The average Bonchev–Trinajstić information content (AvgIpc) is 2.94. The van der Waals surface area contributed by atoms with Gasteiger partial charge >= 0.3 is 23.9 Å². The molecule has 0 aromatic heterocycles. The van der Waals surface area contributed by atoms with Crippen molar-refractivity contribution in [2.24, 2.45) is 23.7 Å². The summed E-state index contributed by atoms with van der Waals surface area (Å²) in [7, 11) is 0. The summed E-state index contributed by atoms with van der Waals surface area (Å²) in [6.45, 7) is 5.55. The standard InChI is InChI=1S/C33H32O8/c1-17-11-13-22(25(15-17)30(34)35)32(38)40-28-20-8-4-5-9-21(20)29(27-19(3)7-6-10-24(27)28)41-33(39)23-14-12-18(2)16-26(23)31(36)37/h4-12,22-23,25-26H,13-16H2,1-3H3,(H,34,35)(H,36,37). The molecule has 0 fully saturated rings.